The van der Waals surface area contributed by atoms with Crippen LogP contribution in [0.15, 0.2) is 42.7 Å². The molecule has 2 aliphatic rings. The van der Waals surface area contributed by atoms with Gasteiger partial charge < -0.3 is 25.7 Å². The first-order chi connectivity index (χ1) is 17.0. The van der Waals surface area contributed by atoms with Gasteiger partial charge in [0.05, 0.1) is 33.8 Å². The molecule has 4 aromatic heterocycles. The van der Waals surface area contributed by atoms with E-state index in [1.165, 1.54) is 6.07 Å². The fraction of sp³-hybridized carbons (Fsp3) is 0.280. The van der Waals surface area contributed by atoms with Crippen molar-refractivity contribution in [3.8, 4) is 11.8 Å². The van der Waals surface area contributed by atoms with E-state index in [4.69, 9.17) is 15.5 Å². The van der Waals surface area contributed by atoms with E-state index in [1.807, 2.05) is 12.1 Å². The number of nitrogens with two attached hydrogens (primary N) is 1. The van der Waals surface area contributed by atoms with Crippen LogP contribution >= 0.6 is 0 Å². The Bertz CT molecular complexity index is 1630. The lowest BCUT2D eigenvalue weighted by molar-refractivity contribution is 0.442. The van der Waals surface area contributed by atoms with Crippen molar-refractivity contribution in [1.29, 1.82) is 0 Å². The molecule has 2 fully saturated rings. The molecule has 4 N–H and O–H groups in total. The van der Waals surface area contributed by atoms with Crippen molar-refractivity contribution in [3.05, 3.63) is 48.5 Å². The van der Waals surface area contributed by atoms with Gasteiger partial charge in [-0.25, -0.2) is 4.39 Å². The molecule has 10 heteroatoms. The molecule has 1 aromatic carbocycles. The van der Waals surface area contributed by atoms with Crippen molar-refractivity contribution in [1.82, 2.24) is 24.9 Å². The Kier molecular flexibility index (Phi) is 4.20. The maximum atomic E-state index is 14.5. The van der Waals surface area contributed by atoms with Crippen LogP contribution in [0.4, 0.5) is 15.9 Å². The number of H-pyrrole nitrogens is 1. The van der Waals surface area contributed by atoms with E-state index in [1.54, 1.807) is 31.6 Å². The monoisotopic (exact) mass is 470 g/mol. The first kappa shape index (κ1) is 20.3. The fourth-order valence-corrected chi connectivity index (χ4v) is 5.26. The van der Waals surface area contributed by atoms with Crippen molar-refractivity contribution in [2.75, 3.05) is 30.4 Å². The average molecular weight is 471 g/mol. The van der Waals surface area contributed by atoms with Crippen LogP contribution in [0.3, 0.4) is 0 Å². The van der Waals surface area contributed by atoms with Gasteiger partial charge in [0, 0.05) is 49.2 Å². The van der Waals surface area contributed by atoms with Crippen LogP contribution in [0.2, 0.25) is 0 Å². The summed E-state index contributed by atoms with van der Waals surface area (Å²) in [6, 6.07) is 9.02. The topological polar surface area (TPSA) is 118 Å². The summed E-state index contributed by atoms with van der Waals surface area (Å²) in [7, 11) is 1.70. The van der Waals surface area contributed by atoms with Crippen molar-refractivity contribution >= 4 is 44.5 Å². The Hall–Kier alpha value is -4.05. The molecule has 0 unspecified atom stereocenters. The summed E-state index contributed by atoms with van der Waals surface area (Å²) in [5.41, 5.74) is 9.75. The molecule has 35 heavy (non-hydrogen) atoms. The second-order valence-corrected chi connectivity index (χ2v) is 9.44. The quantitative estimate of drug-likeness (QED) is 0.361. The van der Waals surface area contributed by atoms with Crippen LogP contribution in [0.1, 0.15) is 12.8 Å². The van der Waals surface area contributed by atoms with Gasteiger partial charge >= 0.3 is 6.01 Å². The summed E-state index contributed by atoms with van der Waals surface area (Å²) in [5, 5.41) is 4.62. The minimum atomic E-state index is -0.340. The molecule has 1 spiro atoms. The first-order valence-corrected chi connectivity index (χ1v) is 11.6. The lowest BCUT2D eigenvalue weighted by Gasteiger charge is -2.19. The predicted molar refractivity (Wildman–Crippen MR) is 132 cm³/mol. The summed E-state index contributed by atoms with van der Waals surface area (Å²) in [5.74, 6) is 0.875. The van der Waals surface area contributed by atoms with Crippen LogP contribution in [0.25, 0.3) is 33.0 Å². The van der Waals surface area contributed by atoms with E-state index >= 15 is 0 Å². The normalized spacial score (nSPS) is 18.7. The van der Waals surface area contributed by atoms with Crippen LogP contribution < -0.4 is 20.7 Å². The second-order valence-electron chi connectivity index (χ2n) is 9.44. The van der Waals surface area contributed by atoms with Gasteiger partial charge in [-0.2, -0.15) is 9.97 Å². The van der Waals surface area contributed by atoms with Gasteiger partial charge in [-0.3, -0.25) is 9.97 Å². The molecular formula is C25H23FN8O. The highest BCUT2D eigenvalue weighted by Crippen LogP contribution is 2.53. The number of aromatic nitrogens is 5. The molecule has 1 saturated heterocycles. The maximum Gasteiger partial charge on any atom is 0.326 e. The third-order valence-electron chi connectivity index (χ3n) is 7.32. The molecule has 7 rings (SSSR count). The van der Waals surface area contributed by atoms with Crippen LogP contribution in [0, 0.1) is 11.2 Å². The van der Waals surface area contributed by atoms with Gasteiger partial charge in [0.15, 0.2) is 5.75 Å². The molecule has 0 bridgehead atoms. The lowest BCUT2D eigenvalue weighted by atomic mass is 10.0. The van der Waals surface area contributed by atoms with Crippen molar-refractivity contribution in [2.24, 2.45) is 11.1 Å². The van der Waals surface area contributed by atoms with Crippen LogP contribution in [-0.2, 0) is 0 Å². The second kappa shape index (κ2) is 7.22. The van der Waals surface area contributed by atoms with Gasteiger partial charge in [0.25, 0.3) is 0 Å². The van der Waals surface area contributed by atoms with Gasteiger partial charge in [-0.1, -0.05) is 0 Å². The largest absolute Gasteiger partial charge is 0.422 e. The van der Waals surface area contributed by atoms with Crippen LogP contribution in [0.5, 0.6) is 11.8 Å². The van der Waals surface area contributed by atoms with E-state index < -0.39 is 0 Å². The number of fused-ring (bicyclic) bond motifs is 4. The molecule has 5 aromatic rings. The summed E-state index contributed by atoms with van der Waals surface area (Å²) in [6.45, 7) is 1.52. The number of nitrogens with zero attached hydrogens (tertiary/aromatic N) is 5. The molecule has 1 saturated carbocycles. The SMILES string of the molecule is CNc1c(F)ccc2c1[nH]c1nc(Oc3cnc4cccnc4c3)nc(N3C[C@@H](N)C4(CC4)C3)c12. The van der Waals surface area contributed by atoms with Crippen molar-refractivity contribution in [3.63, 3.8) is 0 Å². The number of aromatic amines is 1. The van der Waals surface area contributed by atoms with Crippen molar-refractivity contribution in [2.45, 2.75) is 18.9 Å². The molecule has 1 atom stereocenters. The molecule has 0 amide bonds. The summed E-state index contributed by atoms with van der Waals surface area (Å²) in [6.07, 6.45) is 5.59. The zero-order chi connectivity index (χ0) is 23.7. The highest BCUT2D eigenvalue weighted by atomic mass is 19.1. The summed E-state index contributed by atoms with van der Waals surface area (Å²) in [4.78, 5) is 23.8. The highest BCUT2D eigenvalue weighted by molar-refractivity contribution is 6.14. The third kappa shape index (κ3) is 3.09. The molecule has 9 nitrogen and oxygen atoms in total. The molecule has 1 aliphatic carbocycles. The number of halogens is 1. The molecule has 5 heterocycles. The number of benzene rings is 1. The minimum absolute atomic E-state index is 0.0863. The van der Waals surface area contributed by atoms with Crippen LogP contribution in [-0.4, -0.2) is 51.1 Å². The number of ether oxygens (including phenoxy) is 1. The number of rotatable bonds is 4. The Morgan fingerprint density at radius 3 is 2.89 bits per heavy atom. The Morgan fingerprint density at radius 1 is 1.20 bits per heavy atom. The minimum Gasteiger partial charge on any atom is -0.422 e. The third-order valence-corrected chi connectivity index (χ3v) is 7.32. The van der Waals surface area contributed by atoms with Crippen molar-refractivity contribution < 1.29 is 9.13 Å². The Morgan fingerprint density at radius 2 is 2.09 bits per heavy atom. The molecule has 176 valence electrons. The van der Waals surface area contributed by atoms with E-state index in [-0.39, 0.29) is 23.3 Å². The number of nitrogens with one attached hydrogen (secondary N) is 2. The fourth-order valence-electron chi connectivity index (χ4n) is 5.26. The first-order valence-electron chi connectivity index (χ1n) is 11.6. The van der Waals surface area contributed by atoms with E-state index in [2.05, 4.69) is 30.2 Å². The Balaban J connectivity index is 1.40. The molecule has 1 aliphatic heterocycles. The van der Waals surface area contributed by atoms with Gasteiger partial charge in [-0.05, 0) is 37.1 Å². The maximum absolute atomic E-state index is 14.5. The summed E-state index contributed by atoms with van der Waals surface area (Å²) < 4.78 is 20.6. The van der Waals surface area contributed by atoms with Gasteiger partial charge in [-0.15, -0.1) is 0 Å². The standard InChI is InChI=1S/C25H23FN8O/c1-28-21-15(26)5-4-14-19-22(31-20(14)21)32-24(33-23(19)34-11-18(27)25(12-34)6-7-25)35-13-9-17-16(30-10-13)3-2-8-29-17/h2-5,8-10,18,28H,6-7,11-12,27H2,1H3,(H,31,32,33)/t18-/m1/s1. The lowest BCUT2D eigenvalue weighted by Crippen LogP contribution is -2.30. The number of hydrogen-bond donors (Lipinski definition) is 3. The van der Waals surface area contributed by atoms with Gasteiger partial charge in [0.2, 0.25) is 0 Å². The van der Waals surface area contributed by atoms with Gasteiger partial charge in [0.1, 0.15) is 17.3 Å². The smallest absolute Gasteiger partial charge is 0.326 e. The van der Waals surface area contributed by atoms with E-state index in [9.17, 15) is 4.39 Å². The zero-order valence-electron chi connectivity index (χ0n) is 19.0. The number of pyridine rings is 2. The molecule has 0 radical (unpaired) electrons. The zero-order valence-corrected chi connectivity index (χ0v) is 19.0. The average Bonchev–Trinajstić information content (AvgIpc) is 3.45. The van der Waals surface area contributed by atoms with E-state index in [0.717, 1.165) is 41.5 Å². The molecular weight excluding hydrogens is 447 g/mol. The number of hydrogen-bond acceptors (Lipinski definition) is 8. The predicted octanol–water partition coefficient (Wildman–Crippen LogP) is 3.95. The number of anilines is 2. The van der Waals surface area contributed by atoms with E-state index in [0.29, 0.717) is 34.7 Å². The Labute approximate surface area is 199 Å². The highest BCUT2D eigenvalue weighted by Gasteiger charge is 2.54. The summed E-state index contributed by atoms with van der Waals surface area (Å²) >= 11 is 0.